The third kappa shape index (κ3) is 3.43. The lowest BCUT2D eigenvalue weighted by molar-refractivity contribution is 0.679. The standard InChI is InChI=1S/C12H16IN3/c13-11-8-14-9-16-12(11)15-7-6-10-4-2-1-3-5-10/h4,8-9H,1-3,5-7H2,(H,14,15,16). The van der Waals surface area contributed by atoms with Crippen molar-refractivity contribution in [2.75, 3.05) is 11.9 Å². The first-order valence-electron chi connectivity index (χ1n) is 5.73. The van der Waals surface area contributed by atoms with E-state index in [1.54, 1.807) is 11.9 Å². The lowest BCUT2D eigenvalue weighted by Gasteiger charge is -2.13. The predicted molar refractivity (Wildman–Crippen MR) is 74.4 cm³/mol. The number of nitrogens with zero attached hydrogens (tertiary/aromatic N) is 2. The Kier molecular flexibility index (Phi) is 4.56. The van der Waals surface area contributed by atoms with Gasteiger partial charge in [0.05, 0.1) is 3.57 Å². The van der Waals surface area contributed by atoms with Gasteiger partial charge >= 0.3 is 0 Å². The Hall–Kier alpha value is -0.650. The van der Waals surface area contributed by atoms with Gasteiger partial charge in [0.15, 0.2) is 0 Å². The van der Waals surface area contributed by atoms with E-state index in [0.717, 1.165) is 22.4 Å². The van der Waals surface area contributed by atoms with Crippen LogP contribution in [0.2, 0.25) is 0 Å². The highest BCUT2D eigenvalue weighted by Crippen LogP contribution is 2.20. The molecule has 16 heavy (non-hydrogen) atoms. The van der Waals surface area contributed by atoms with Crippen LogP contribution in [0, 0.1) is 3.57 Å². The van der Waals surface area contributed by atoms with E-state index < -0.39 is 0 Å². The number of halogens is 1. The Balaban J connectivity index is 1.80. The van der Waals surface area contributed by atoms with E-state index in [9.17, 15) is 0 Å². The molecule has 0 amide bonds. The molecule has 0 aromatic carbocycles. The summed E-state index contributed by atoms with van der Waals surface area (Å²) < 4.78 is 1.08. The van der Waals surface area contributed by atoms with Gasteiger partial charge < -0.3 is 5.32 Å². The monoisotopic (exact) mass is 329 g/mol. The summed E-state index contributed by atoms with van der Waals surface area (Å²) in [4.78, 5) is 8.18. The maximum Gasteiger partial charge on any atom is 0.142 e. The van der Waals surface area contributed by atoms with E-state index in [1.807, 2.05) is 6.20 Å². The molecule has 86 valence electrons. The van der Waals surface area contributed by atoms with Crippen LogP contribution in [-0.4, -0.2) is 16.5 Å². The molecule has 0 saturated carbocycles. The van der Waals surface area contributed by atoms with E-state index in [4.69, 9.17) is 0 Å². The number of rotatable bonds is 4. The van der Waals surface area contributed by atoms with Gasteiger partial charge in [-0.05, 0) is 54.7 Å². The number of aromatic nitrogens is 2. The fourth-order valence-corrected chi connectivity index (χ4v) is 2.41. The normalized spacial score (nSPS) is 15.7. The summed E-state index contributed by atoms with van der Waals surface area (Å²) in [5.41, 5.74) is 1.60. The number of hydrogen-bond donors (Lipinski definition) is 1. The molecule has 0 aliphatic heterocycles. The molecule has 0 fully saturated rings. The van der Waals surface area contributed by atoms with Crippen molar-refractivity contribution in [3.05, 3.63) is 27.7 Å². The Morgan fingerprint density at radius 3 is 3.06 bits per heavy atom. The molecular weight excluding hydrogens is 313 g/mol. The van der Waals surface area contributed by atoms with Crippen molar-refractivity contribution in [3.63, 3.8) is 0 Å². The minimum atomic E-state index is 0.951. The van der Waals surface area contributed by atoms with Crippen molar-refractivity contribution >= 4 is 28.4 Å². The zero-order valence-corrected chi connectivity index (χ0v) is 11.4. The van der Waals surface area contributed by atoms with Crippen LogP contribution in [0.4, 0.5) is 5.82 Å². The van der Waals surface area contributed by atoms with Gasteiger partial charge in [0, 0.05) is 12.7 Å². The second-order valence-corrected chi connectivity index (χ2v) is 5.17. The number of anilines is 1. The highest BCUT2D eigenvalue weighted by Gasteiger charge is 2.04. The molecule has 0 unspecified atom stereocenters. The van der Waals surface area contributed by atoms with Gasteiger partial charge in [-0.1, -0.05) is 11.6 Å². The maximum absolute atomic E-state index is 4.21. The molecule has 0 radical (unpaired) electrons. The molecule has 2 rings (SSSR count). The molecule has 1 aromatic rings. The second-order valence-electron chi connectivity index (χ2n) is 4.00. The lowest BCUT2D eigenvalue weighted by Crippen LogP contribution is -2.07. The third-order valence-electron chi connectivity index (χ3n) is 2.79. The predicted octanol–water partition coefficient (Wildman–Crippen LogP) is 3.38. The van der Waals surface area contributed by atoms with Crippen molar-refractivity contribution in [3.8, 4) is 0 Å². The fourth-order valence-electron chi connectivity index (χ4n) is 1.92. The SMILES string of the molecule is Ic1cncnc1NCCC1=CCCCC1. The van der Waals surface area contributed by atoms with Gasteiger partial charge in [0.2, 0.25) is 0 Å². The first-order chi connectivity index (χ1) is 7.86. The Morgan fingerprint density at radius 2 is 2.31 bits per heavy atom. The van der Waals surface area contributed by atoms with E-state index in [-0.39, 0.29) is 0 Å². The number of allylic oxidation sites excluding steroid dienone is 1. The van der Waals surface area contributed by atoms with E-state index >= 15 is 0 Å². The van der Waals surface area contributed by atoms with Crippen LogP contribution in [0.5, 0.6) is 0 Å². The molecular formula is C12H16IN3. The molecule has 0 saturated heterocycles. The second kappa shape index (κ2) is 6.18. The largest absolute Gasteiger partial charge is 0.369 e. The minimum Gasteiger partial charge on any atom is -0.369 e. The number of hydrogen-bond acceptors (Lipinski definition) is 3. The summed E-state index contributed by atoms with van der Waals surface area (Å²) in [6, 6.07) is 0. The maximum atomic E-state index is 4.21. The van der Waals surface area contributed by atoms with Gasteiger partial charge in [-0.25, -0.2) is 9.97 Å². The quantitative estimate of drug-likeness (QED) is 0.680. The van der Waals surface area contributed by atoms with Gasteiger partial charge in [-0.2, -0.15) is 0 Å². The Morgan fingerprint density at radius 1 is 1.38 bits per heavy atom. The third-order valence-corrected chi connectivity index (χ3v) is 3.58. The molecule has 0 spiro atoms. The van der Waals surface area contributed by atoms with Crippen molar-refractivity contribution < 1.29 is 0 Å². The zero-order chi connectivity index (χ0) is 11.2. The van der Waals surface area contributed by atoms with E-state index in [1.165, 1.54) is 25.7 Å². The molecule has 1 heterocycles. The molecule has 3 nitrogen and oxygen atoms in total. The average Bonchev–Trinajstić information content (AvgIpc) is 2.33. The van der Waals surface area contributed by atoms with Gasteiger partial charge in [0.1, 0.15) is 12.1 Å². The van der Waals surface area contributed by atoms with Crippen molar-refractivity contribution in [2.24, 2.45) is 0 Å². The van der Waals surface area contributed by atoms with Crippen molar-refractivity contribution in [2.45, 2.75) is 32.1 Å². The van der Waals surface area contributed by atoms with Crippen LogP contribution < -0.4 is 5.32 Å². The van der Waals surface area contributed by atoms with Crippen molar-refractivity contribution in [1.82, 2.24) is 9.97 Å². The minimum absolute atomic E-state index is 0.951. The number of nitrogens with one attached hydrogen (secondary N) is 1. The topological polar surface area (TPSA) is 37.8 Å². The lowest BCUT2D eigenvalue weighted by atomic mass is 9.97. The van der Waals surface area contributed by atoms with Crippen LogP contribution in [0.3, 0.4) is 0 Å². The Labute approximate surface area is 110 Å². The van der Waals surface area contributed by atoms with Crippen LogP contribution in [0.25, 0.3) is 0 Å². The molecule has 0 atom stereocenters. The van der Waals surface area contributed by atoms with Gasteiger partial charge in [0.25, 0.3) is 0 Å². The van der Waals surface area contributed by atoms with Crippen LogP contribution in [0.1, 0.15) is 32.1 Å². The molecule has 4 heteroatoms. The van der Waals surface area contributed by atoms with E-state index in [2.05, 4.69) is 44.0 Å². The highest BCUT2D eigenvalue weighted by molar-refractivity contribution is 14.1. The van der Waals surface area contributed by atoms with Crippen LogP contribution in [-0.2, 0) is 0 Å². The molecule has 1 aliphatic rings. The zero-order valence-electron chi connectivity index (χ0n) is 9.25. The summed E-state index contributed by atoms with van der Waals surface area (Å²) >= 11 is 2.25. The summed E-state index contributed by atoms with van der Waals surface area (Å²) in [6.45, 7) is 0.971. The van der Waals surface area contributed by atoms with Crippen LogP contribution in [0.15, 0.2) is 24.2 Å². The highest BCUT2D eigenvalue weighted by atomic mass is 127. The van der Waals surface area contributed by atoms with Crippen LogP contribution >= 0.6 is 22.6 Å². The van der Waals surface area contributed by atoms with Crippen molar-refractivity contribution in [1.29, 1.82) is 0 Å². The average molecular weight is 329 g/mol. The smallest absolute Gasteiger partial charge is 0.142 e. The summed E-state index contributed by atoms with van der Waals surface area (Å²) in [7, 11) is 0. The summed E-state index contributed by atoms with van der Waals surface area (Å²) in [6.07, 6.45) is 12.2. The van der Waals surface area contributed by atoms with Gasteiger partial charge in [-0.3, -0.25) is 0 Å². The molecule has 1 aliphatic carbocycles. The fraction of sp³-hybridized carbons (Fsp3) is 0.500. The molecule has 1 aromatic heterocycles. The first-order valence-corrected chi connectivity index (χ1v) is 6.81. The first kappa shape index (κ1) is 11.8. The molecule has 1 N–H and O–H groups in total. The Bertz CT molecular complexity index is 376. The van der Waals surface area contributed by atoms with E-state index in [0.29, 0.717) is 0 Å². The summed E-state index contributed by atoms with van der Waals surface area (Å²) in [5.74, 6) is 0.951. The van der Waals surface area contributed by atoms with Gasteiger partial charge in [-0.15, -0.1) is 0 Å². The summed E-state index contributed by atoms with van der Waals surface area (Å²) in [5, 5.41) is 3.36. The molecule has 0 bridgehead atoms.